The van der Waals surface area contributed by atoms with Crippen LogP contribution in [-0.4, -0.2) is 44.3 Å². The summed E-state index contributed by atoms with van der Waals surface area (Å²) in [7, 11) is 0. The molecule has 0 fully saturated rings. The van der Waals surface area contributed by atoms with E-state index in [-0.39, 0.29) is 6.61 Å². The fourth-order valence-electron chi connectivity index (χ4n) is 1.18. The minimum absolute atomic E-state index is 0.0538. The van der Waals surface area contributed by atoms with Crippen LogP contribution in [0.5, 0.6) is 0 Å². The molecule has 7 nitrogen and oxygen atoms in total. The van der Waals surface area contributed by atoms with E-state index in [9.17, 15) is 4.79 Å². The number of nitrogens with one attached hydrogen (secondary N) is 1. The monoisotopic (exact) mass is 214 g/mol. The van der Waals surface area contributed by atoms with Gasteiger partial charge in [0.15, 0.2) is 6.04 Å². The molecular formula is C8H14N4O3. The van der Waals surface area contributed by atoms with Crippen molar-refractivity contribution in [1.29, 1.82) is 0 Å². The molecule has 3 N–H and O–H groups in total. The van der Waals surface area contributed by atoms with Crippen LogP contribution in [0, 0.1) is 0 Å². The number of aliphatic hydroxyl groups is 1. The van der Waals surface area contributed by atoms with Crippen LogP contribution in [-0.2, 0) is 11.3 Å². The van der Waals surface area contributed by atoms with E-state index in [1.165, 1.54) is 10.9 Å². The highest BCUT2D eigenvalue weighted by molar-refractivity contribution is 5.74. The molecule has 1 aromatic heterocycles. The Morgan fingerprint density at radius 1 is 1.73 bits per heavy atom. The number of aliphatic hydroxyl groups excluding tert-OH is 1. The second-order valence-corrected chi connectivity index (χ2v) is 2.96. The second kappa shape index (κ2) is 5.42. The average molecular weight is 214 g/mol. The molecule has 0 radical (unpaired) electrons. The lowest BCUT2D eigenvalue weighted by Gasteiger charge is -2.08. The number of hydrogen-bond donors (Lipinski definition) is 3. The number of aliphatic carboxylic acids is 1. The maximum atomic E-state index is 10.9. The Bertz CT molecular complexity index is 325. The number of nitrogens with zero attached hydrogens (tertiary/aromatic N) is 3. The van der Waals surface area contributed by atoms with Crippen molar-refractivity contribution in [1.82, 2.24) is 20.3 Å². The van der Waals surface area contributed by atoms with E-state index in [0.29, 0.717) is 18.8 Å². The van der Waals surface area contributed by atoms with Gasteiger partial charge in [0.2, 0.25) is 0 Å². The highest BCUT2D eigenvalue weighted by atomic mass is 16.4. The summed E-state index contributed by atoms with van der Waals surface area (Å²) in [6, 6.07) is -0.845. The van der Waals surface area contributed by atoms with Gasteiger partial charge in [-0.1, -0.05) is 12.1 Å². The second-order valence-electron chi connectivity index (χ2n) is 2.96. The van der Waals surface area contributed by atoms with Gasteiger partial charge in [-0.15, -0.1) is 5.10 Å². The first-order valence-corrected chi connectivity index (χ1v) is 4.66. The van der Waals surface area contributed by atoms with Crippen LogP contribution < -0.4 is 5.32 Å². The van der Waals surface area contributed by atoms with Gasteiger partial charge in [-0.25, -0.2) is 4.68 Å². The molecule has 0 spiro atoms. The summed E-state index contributed by atoms with van der Waals surface area (Å²) >= 11 is 0. The average Bonchev–Trinajstić information content (AvgIpc) is 2.62. The maximum Gasteiger partial charge on any atom is 0.327 e. The molecule has 0 saturated carbocycles. The third-order valence-corrected chi connectivity index (χ3v) is 1.84. The van der Waals surface area contributed by atoms with Crippen LogP contribution in [0.15, 0.2) is 6.20 Å². The van der Waals surface area contributed by atoms with Crippen molar-refractivity contribution in [3.05, 3.63) is 11.9 Å². The minimum Gasteiger partial charge on any atom is -0.480 e. The predicted molar refractivity (Wildman–Crippen MR) is 51.2 cm³/mol. The first-order chi connectivity index (χ1) is 7.19. The molecule has 1 unspecified atom stereocenters. The van der Waals surface area contributed by atoms with Gasteiger partial charge in [0.05, 0.1) is 19.3 Å². The van der Waals surface area contributed by atoms with Gasteiger partial charge in [0, 0.05) is 0 Å². The standard InChI is InChI=1S/C8H14N4O3/c1-2-9-7(8(14)15)6-5-12(3-4-13)11-10-6/h5,7,9,13H,2-4H2,1H3,(H,14,15). The SMILES string of the molecule is CCNC(C(=O)O)c1cn(CCO)nn1. The van der Waals surface area contributed by atoms with E-state index in [1.807, 2.05) is 6.92 Å². The molecule has 1 rings (SSSR count). The molecule has 1 heterocycles. The van der Waals surface area contributed by atoms with Gasteiger partial charge in [0.25, 0.3) is 0 Å². The third-order valence-electron chi connectivity index (χ3n) is 1.84. The molecule has 0 aliphatic carbocycles. The topological polar surface area (TPSA) is 100 Å². The van der Waals surface area contributed by atoms with Crippen LogP contribution in [0.1, 0.15) is 18.7 Å². The van der Waals surface area contributed by atoms with Crippen molar-refractivity contribution in [2.45, 2.75) is 19.5 Å². The number of carboxylic acids is 1. The quantitative estimate of drug-likeness (QED) is 0.562. The lowest BCUT2D eigenvalue weighted by atomic mass is 10.2. The van der Waals surface area contributed by atoms with Crippen LogP contribution in [0.3, 0.4) is 0 Å². The van der Waals surface area contributed by atoms with Gasteiger partial charge in [-0.05, 0) is 6.54 Å². The molecule has 0 aromatic carbocycles. The number of carboxylic acid groups (broad SMARTS) is 1. The van der Waals surface area contributed by atoms with Crippen molar-refractivity contribution in [2.75, 3.05) is 13.2 Å². The minimum atomic E-state index is -0.993. The molecule has 0 bridgehead atoms. The lowest BCUT2D eigenvalue weighted by Crippen LogP contribution is -2.28. The predicted octanol–water partition coefficient (Wildman–Crippen LogP) is -0.994. The molecule has 0 aliphatic heterocycles. The Kier molecular flexibility index (Phi) is 4.19. The Balaban J connectivity index is 2.77. The van der Waals surface area contributed by atoms with Crippen molar-refractivity contribution >= 4 is 5.97 Å². The smallest absolute Gasteiger partial charge is 0.327 e. The molecule has 7 heteroatoms. The van der Waals surface area contributed by atoms with Crippen LogP contribution in [0.2, 0.25) is 0 Å². The Morgan fingerprint density at radius 2 is 2.47 bits per heavy atom. The molecule has 1 aromatic rings. The van der Waals surface area contributed by atoms with E-state index < -0.39 is 12.0 Å². The lowest BCUT2D eigenvalue weighted by molar-refractivity contribution is -0.139. The Hall–Kier alpha value is -1.47. The molecule has 1 atom stereocenters. The van der Waals surface area contributed by atoms with Gasteiger partial charge in [-0.2, -0.15) is 0 Å². The van der Waals surface area contributed by atoms with Gasteiger partial charge < -0.3 is 10.2 Å². The number of likely N-dealkylation sites (N-methyl/N-ethyl adjacent to an activating group) is 1. The van der Waals surface area contributed by atoms with Crippen molar-refractivity contribution in [3.63, 3.8) is 0 Å². The molecule has 84 valence electrons. The summed E-state index contributed by atoms with van der Waals surface area (Å²) < 4.78 is 1.41. The molecule has 15 heavy (non-hydrogen) atoms. The highest BCUT2D eigenvalue weighted by Gasteiger charge is 2.21. The van der Waals surface area contributed by atoms with Crippen molar-refractivity contribution in [2.24, 2.45) is 0 Å². The van der Waals surface area contributed by atoms with E-state index in [2.05, 4.69) is 15.6 Å². The van der Waals surface area contributed by atoms with Crippen LogP contribution in [0.25, 0.3) is 0 Å². The Morgan fingerprint density at radius 3 is 3.00 bits per heavy atom. The fraction of sp³-hybridized carbons (Fsp3) is 0.625. The van der Waals surface area contributed by atoms with Crippen LogP contribution >= 0.6 is 0 Å². The summed E-state index contributed by atoms with van der Waals surface area (Å²) in [5, 5.41) is 27.8. The number of aromatic nitrogens is 3. The zero-order valence-corrected chi connectivity index (χ0v) is 8.42. The van der Waals surface area contributed by atoms with Crippen LogP contribution in [0.4, 0.5) is 0 Å². The normalized spacial score (nSPS) is 12.7. The summed E-state index contributed by atoms with van der Waals surface area (Å²) in [4.78, 5) is 10.9. The highest BCUT2D eigenvalue weighted by Crippen LogP contribution is 2.08. The summed E-state index contributed by atoms with van der Waals surface area (Å²) in [6.45, 7) is 2.60. The first kappa shape index (κ1) is 11.6. The van der Waals surface area contributed by atoms with E-state index >= 15 is 0 Å². The maximum absolute atomic E-state index is 10.9. The van der Waals surface area contributed by atoms with E-state index in [0.717, 1.165) is 0 Å². The van der Waals surface area contributed by atoms with Gasteiger partial charge in [-0.3, -0.25) is 10.1 Å². The summed E-state index contributed by atoms with van der Waals surface area (Å²) in [5.41, 5.74) is 0.345. The van der Waals surface area contributed by atoms with Crippen molar-refractivity contribution in [3.8, 4) is 0 Å². The molecular weight excluding hydrogens is 200 g/mol. The van der Waals surface area contributed by atoms with E-state index in [1.54, 1.807) is 0 Å². The number of carbonyl (C=O) groups is 1. The van der Waals surface area contributed by atoms with Gasteiger partial charge >= 0.3 is 5.97 Å². The molecule has 0 aliphatic rings. The zero-order valence-electron chi connectivity index (χ0n) is 8.42. The zero-order chi connectivity index (χ0) is 11.3. The molecule has 0 saturated heterocycles. The number of hydrogen-bond acceptors (Lipinski definition) is 5. The summed E-state index contributed by atoms with van der Waals surface area (Å²) in [6.07, 6.45) is 1.51. The Labute approximate surface area is 86.7 Å². The summed E-state index contributed by atoms with van der Waals surface area (Å²) in [5.74, 6) is -0.993. The molecule has 0 amide bonds. The number of rotatable bonds is 6. The van der Waals surface area contributed by atoms with Crippen molar-refractivity contribution < 1.29 is 15.0 Å². The van der Waals surface area contributed by atoms with Gasteiger partial charge in [0.1, 0.15) is 5.69 Å². The first-order valence-electron chi connectivity index (χ1n) is 4.66. The third kappa shape index (κ3) is 3.00. The largest absolute Gasteiger partial charge is 0.480 e. The van der Waals surface area contributed by atoms with E-state index in [4.69, 9.17) is 10.2 Å². The fourth-order valence-corrected chi connectivity index (χ4v) is 1.18.